The monoisotopic (exact) mass is 285 g/mol. The van der Waals surface area contributed by atoms with Gasteiger partial charge in [-0.1, -0.05) is 18.7 Å². The van der Waals surface area contributed by atoms with Crippen LogP contribution in [0.2, 0.25) is 0 Å². The number of hydrogen-bond donors (Lipinski definition) is 0. The second kappa shape index (κ2) is 8.33. The van der Waals surface area contributed by atoms with Gasteiger partial charge in [-0.05, 0) is 30.7 Å². The molecule has 5 nitrogen and oxygen atoms in total. The van der Waals surface area contributed by atoms with Crippen molar-refractivity contribution in [3.05, 3.63) is 53.6 Å². The van der Waals surface area contributed by atoms with Crippen molar-refractivity contribution < 1.29 is 19.1 Å². The summed E-state index contributed by atoms with van der Waals surface area (Å²) in [5, 5.41) is 8.75. The molecule has 0 aliphatic rings. The summed E-state index contributed by atoms with van der Waals surface area (Å²) in [6, 6.07) is 8.82. The predicted octanol–water partition coefficient (Wildman–Crippen LogP) is 2.23. The fourth-order valence-corrected chi connectivity index (χ4v) is 1.32. The van der Waals surface area contributed by atoms with E-state index in [1.165, 1.54) is 13.0 Å². The summed E-state index contributed by atoms with van der Waals surface area (Å²) in [5.41, 5.74) is 1.52. The third-order valence-corrected chi connectivity index (χ3v) is 2.34. The molecule has 21 heavy (non-hydrogen) atoms. The molecule has 1 rings (SSSR count). The Bertz CT molecular complexity index is 611. The van der Waals surface area contributed by atoms with Crippen molar-refractivity contribution in [1.82, 2.24) is 0 Å². The van der Waals surface area contributed by atoms with Gasteiger partial charge in [0, 0.05) is 11.6 Å². The number of rotatable bonds is 6. The minimum atomic E-state index is -0.552. The van der Waals surface area contributed by atoms with E-state index in [9.17, 15) is 9.59 Å². The third kappa shape index (κ3) is 6.21. The highest BCUT2D eigenvalue weighted by Crippen LogP contribution is 2.06. The van der Waals surface area contributed by atoms with Crippen LogP contribution < -0.4 is 0 Å². The lowest BCUT2D eigenvalue weighted by Crippen LogP contribution is -2.12. The molecule has 108 valence electrons. The summed E-state index contributed by atoms with van der Waals surface area (Å²) in [7, 11) is 0. The van der Waals surface area contributed by atoms with Crippen molar-refractivity contribution in [2.75, 3.05) is 13.2 Å². The molecule has 1 aromatic rings. The second-order valence-corrected chi connectivity index (χ2v) is 4.15. The van der Waals surface area contributed by atoms with Crippen LogP contribution in [0.5, 0.6) is 0 Å². The highest BCUT2D eigenvalue weighted by Gasteiger charge is 2.03. The lowest BCUT2D eigenvalue weighted by atomic mass is 10.1. The lowest BCUT2D eigenvalue weighted by molar-refractivity contribution is -0.146. The minimum absolute atomic E-state index is 0.0187. The molecule has 5 heteroatoms. The van der Waals surface area contributed by atoms with Crippen LogP contribution in [-0.2, 0) is 19.1 Å². The van der Waals surface area contributed by atoms with Crippen molar-refractivity contribution in [2.24, 2.45) is 0 Å². The fourth-order valence-electron chi connectivity index (χ4n) is 1.32. The van der Waals surface area contributed by atoms with Gasteiger partial charge in [-0.3, -0.25) is 0 Å². The Morgan fingerprint density at radius 3 is 2.71 bits per heavy atom. The van der Waals surface area contributed by atoms with E-state index in [1.807, 2.05) is 6.07 Å². The summed E-state index contributed by atoms with van der Waals surface area (Å²) in [4.78, 5) is 22.5. The predicted molar refractivity (Wildman–Crippen MR) is 76.9 cm³/mol. The van der Waals surface area contributed by atoms with Crippen molar-refractivity contribution in [3.8, 4) is 6.07 Å². The van der Waals surface area contributed by atoms with E-state index in [4.69, 9.17) is 14.7 Å². The molecule has 0 radical (unpaired) electrons. The second-order valence-electron chi connectivity index (χ2n) is 4.15. The first-order chi connectivity index (χ1) is 10.0. The van der Waals surface area contributed by atoms with Crippen LogP contribution in [0.25, 0.3) is 6.08 Å². The van der Waals surface area contributed by atoms with E-state index < -0.39 is 11.9 Å². The highest BCUT2D eigenvalue weighted by molar-refractivity contribution is 5.87. The van der Waals surface area contributed by atoms with E-state index in [-0.39, 0.29) is 13.2 Å². The van der Waals surface area contributed by atoms with Gasteiger partial charge in [-0.2, -0.15) is 5.26 Å². The average molecular weight is 285 g/mol. The Balaban J connectivity index is 2.36. The van der Waals surface area contributed by atoms with Crippen molar-refractivity contribution in [1.29, 1.82) is 5.26 Å². The standard InChI is InChI=1S/C16H15NO4/c1-12(2)16(19)21-9-8-20-15(18)7-6-13-4-3-5-14(10-13)11-17/h3-7,10H,1,8-9H2,2H3/b7-6+. The number of carbonyl (C=O) groups excluding carboxylic acids is 2. The summed E-state index contributed by atoms with van der Waals surface area (Å²) < 4.78 is 9.62. The van der Waals surface area contributed by atoms with Crippen molar-refractivity contribution in [2.45, 2.75) is 6.92 Å². The third-order valence-electron chi connectivity index (χ3n) is 2.34. The van der Waals surface area contributed by atoms with Gasteiger partial charge in [0.1, 0.15) is 13.2 Å². The summed E-state index contributed by atoms with van der Waals surface area (Å²) in [5.74, 6) is -1.07. The smallest absolute Gasteiger partial charge is 0.333 e. The van der Waals surface area contributed by atoms with Crippen LogP contribution in [0.1, 0.15) is 18.1 Å². The van der Waals surface area contributed by atoms with Gasteiger partial charge in [-0.15, -0.1) is 0 Å². The SMILES string of the molecule is C=C(C)C(=O)OCCOC(=O)/C=C/c1cccc(C#N)c1. The van der Waals surface area contributed by atoms with Gasteiger partial charge in [-0.25, -0.2) is 9.59 Å². The molecule has 0 atom stereocenters. The molecule has 0 N–H and O–H groups in total. The van der Waals surface area contributed by atoms with Crippen LogP contribution in [0.3, 0.4) is 0 Å². The van der Waals surface area contributed by atoms with Crippen LogP contribution in [-0.4, -0.2) is 25.2 Å². The van der Waals surface area contributed by atoms with Gasteiger partial charge >= 0.3 is 11.9 Å². The maximum absolute atomic E-state index is 11.4. The van der Waals surface area contributed by atoms with Gasteiger partial charge in [0.25, 0.3) is 0 Å². The molecule has 0 unspecified atom stereocenters. The summed E-state index contributed by atoms with van der Waals surface area (Å²) in [6.45, 7) is 4.92. The van der Waals surface area contributed by atoms with Crippen LogP contribution in [0.15, 0.2) is 42.5 Å². The minimum Gasteiger partial charge on any atom is -0.459 e. The molecule has 0 aromatic heterocycles. The molecule has 1 aromatic carbocycles. The molecule has 0 saturated heterocycles. The molecule has 0 heterocycles. The normalized spacial score (nSPS) is 9.90. The molecule has 0 aliphatic heterocycles. The number of carbonyl (C=O) groups is 2. The molecule has 0 spiro atoms. The lowest BCUT2D eigenvalue weighted by Gasteiger charge is -2.04. The number of nitriles is 1. The Labute approximate surface area is 123 Å². The van der Waals surface area contributed by atoms with Crippen LogP contribution >= 0.6 is 0 Å². The van der Waals surface area contributed by atoms with E-state index in [2.05, 4.69) is 6.58 Å². The first kappa shape index (κ1) is 16.2. The summed E-state index contributed by atoms with van der Waals surface area (Å²) >= 11 is 0. The molecule has 0 bridgehead atoms. The van der Waals surface area contributed by atoms with Crippen molar-refractivity contribution >= 4 is 18.0 Å². The Kier molecular flexibility index (Phi) is 6.42. The maximum atomic E-state index is 11.4. The summed E-state index contributed by atoms with van der Waals surface area (Å²) in [6.07, 6.45) is 2.79. The molecule has 0 aliphatic carbocycles. The Morgan fingerprint density at radius 2 is 2.05 bits per heavy atom. The van der Waals surface area contributed by atoms with Crippen LogP contribution in [0, 0.1) is 11.3 Å². The van der Waals surface area contributed by atoms with Crippen LogP contribution in [0.4, 0.5) is 0 Å². The zero-order valence-corrected chi connectivity index (χ0v) is 11.7. The Hall–Kier alpha value is -2.87. The van der Waals surface area contributed by atoms with Gasteiger partial charge in [0.2, 0.25) is 0 Å². The topological polar surface area (TPSA) is 76.4 Å². The molecule has 0 saturated carbocycles. The highest BCUT2D eigenvalue weighted by atomic mass is 16.6. The molecular weight excluding hydrogens is 270 g/mol. The zero-order valence-electron chi connectivity index (χ0n) is 11.7. The number of esters is 2. The van der Waals surface area contributed by atoms with E-state index in [0.717, 1.165) is 5.56 Å². The maximum Gasteiger partial charge on any atom is 0.333 e. The zero-order chi connectivity index (χ0) is 15.7. The number of ether oxygens (including phenoxy) is 2. The van der Waals surface area contributed by atoms with E-state index >= 15 is 0 Å². The fraction of sp³-hybridized carbons (Fsp3) is 0.188. The quantitative estimate of drug-likeness (QED) is 0.455. The first-order valence-corrected chi connectivity index (χ1v) is 6.20. The first-order valence-electron chi connectivity index (χ1n) is 6.20. The Morgan fingerprint density at radius 1 is 1.33 bits per heavy atom. The number of nitrogens with zero attached hydrogens (tertiary/aromatic N) is 1. The van der Waals surface area contributed by atoms with Gasteiger partial charge in [0.15, 0.2) is 0 Å². The van der Waals surface area contributed by atoms with E-state index in [0.29, 0.717) is 11.1 Å². The average Bonchev–Trinajstić information content (AvgIpc) is 2.49. The largest absolute Gasteiger partial charge is 0.459 e. The molecule has 0 amide bonds. The number of benzene rings is 1. The molecular formula is C16H15NO4. The number of hydrogen-bond acceptors (Lipinski definition) is 5. The van der Waals surface area contributed by atoms with E-state index in [1.54, 1.807) is 30.3 Å². The van der Waals surface area contributed by atoms with Gasteiger partial charge < -0.3 is 9.47 Å². The molecule has 0 fully saturated rings. The van der Waals surface area contributed by atoms with Gasteiger partial charge in [0.05, 0.1) is 11.6 Å². The van der Waals surface area contributed by atoms with Crippen molar-refractivity contribution in [3.63, 3.8) is 0 Å².